The molecule has 0 aromatic heterocycles. The average Bonchev–Trinajstić information content (AvgIpc) is 2.52. The number of nitrogens with zero attached hydrogens (tertiary/aromatic N) is 1. The van der Waals surface area contributed by atoms with Crippen molar-refractivity contribution >= 4 is 23.2 Å². The zero-order valence-electron chi connectivity index (χ0n) is 12.1. The van der Waals surface area contributed by atoms with Crippen LogP contribution in [0.4, 0.5) is 0 Å². The summed E-state index contributed by atoms with van der Waals surface area (Å²) < 4.78 is 5.04. The van der Waals surface area contributed by atoms with Crippen LogP contribution in [-0.4, -0.2) is 23.8 Å². The fourth-order valence-corrected chi connectivity index (χ4v) is 1.99. The van der Waals surface area contributed by atoms with Gasteiger partial charge in [0, 0.05) is 16.1 Å². The van der Waals surface area contributed by atoms with Crippen molar-refractivity contribution in [3.05, 3.63) is 58.6 Å². The average molecular weight is 319 g/mol. The number of hydrazone groups is 1. The topological polar surface area (TPSA) is 70.9 Å². The summed E-state index contributed by atoms with van der Waals surface area (Å²) in [4.78, 5) is 12.0. The van der Waals surface area contributed by atoms with E-state index in [9.17, 15) is 9.90 Å². The summed E-state index contributed by atoms with van der Waals surface area (Å²) in [6, 6.07) is 11.4. The molecule has 2 N–H and O–H groups in total. The second-order valence-electron chi connectivity index (χ2n) is 4.54. The zero-order chi connectivity index (χ0) is 16.1. The van der Waals surface area contributed by atoms with Crippen molar-refractivity contribution in [3.63, 3.8) is 0 Å². The van der Waals surface area contributed by atoms with Gasteiger partial charge < -0.3 is 9.84 Å². The number of hydrogen-bond donors (Lipinski definition) is 2. The Kier molecular flexibility index (Phi) is 5.01. The molecule has 0 aliphatic carbocycles. The van der Waals surface area contributed by atoms with E-state index in [2.05, 4.69) is 10.5 Å². The van der Waals surface area contributed by atoms with E-state index in [4.69, 9.17) is 16.3 Å². The van der Waals surface area contributed by atoms with Gasteiger partial charge in [0.1, 0.15) is 0 Å². The molecule has 0 saturated carbocycles. The number of amides is 1. The molecule has 0 aliphatic heterocycles. The number of carbonyl (C=O) groups excluding carboxylic acids is 1. The van der Waals surface area contributed by atoms with Gasteiger partial charge in [0.05, 0.1) is 12.8 Å². The van der Waals surface area contributed by atoms with Crippen LogP contribution in [0.3, 0.4) is 0 Å². The van der Waals surface area contributed by atoms with Crippen LogP contribution >= 0.6 is 11.6 Å². The molecule has 0 bridgehead atoms. The summed E-state index contributed by atoms with van der Waals surface area (Å²) in [7, 11) is 1.46. The van der Waals surface area contributed by atoms with Crippen molar-refractivity contribution < 1.29 is 14.6 Å². The highest BCUT2D eigenvalue weighted by atomic mass is 35.5. The van der Waals surface area contributed by atoms with Gasteiger partial charge in [0.15, 0.2) is 11.5 Å². The molecule has 2 aromatic rings. The largest absolute Gasteiger partial charge is 0.504 e. The lowest BCUT2D eigenvalue weighted by atomic mass is 10.1. The maximum atomic E-state index is 12.0. The maximum absolute atomic E-state index is 12.0. The van der Waals surface area contributed by atoms with Crippen molar-refractivity contribution in [2.45, 2.75) is 6.92 Å². The summed E-state index contributed by atoms with van der Waals surface area (Å²) in [6.07, 6.45) is 0. The summed E-state index contributed by atoms with van der Waals surface area (Å²) in [6.45, 7) is 1.74. The quantitative estimate of drug-likeness (QED) is 0.671. The molecule has 114 valence electrons. The first-order valence-electron chi connectivity index (χ1n) is 6.49. The van der Waals surface area contributed by atoms with Gasteiger partial charge in [-0.15, -0.1) is 0 Å². The second-order valence-corrected chi connectivity index (χ2v) is 4.97. The lowest BCUT2D eigenvalue weighted by Crippen LogP contribution is -2.19. The van der Waals surface area contributed by atoms with E-state index in [1.165, 1.54) is 13.2 Å². The predicted molar refractivity (Wildman–Crippen MR) is 85.8 cm³/mol. The molecule has 0 heterocycles. The standard InChI is InChI=1S/C16H15ClN2O3/c1-10(11-6-7-14(20)15(9-11)22-2)18-19-16(21)12-4-3-5-13(17)8-12/h3-9,20H,1-2H3,(H,19,21). The minimum atomic E-state index is -0.354. The first kappa shape index (κ1) is 15.9. The highest BCUT2D eigenvalue weighted by Gasteiger charge is 2.07. The third-order valence-corrected chi connectivity index (χ3v) is 3.24. The minimum absolute atomic E-state index is 0.0435. The van der Waals surface area contributed by atoms with E-state index in [0.717, 1.165) is 5.56 Å². The number of benzene rings is 2. The fourth-order valence-electron chi connectivity index (χ4n) is 1.80. The Labute approximate surface area is 133 Å². The van der Waals surface area contributed by atoms with E-state index in [1.807, 2.05) is 0 Å². The van der Waals surface area contributed by atoms with E-state index < -0.39 is 0 Å². The summed E-state index contributed by atoms with van der Waals surface area (Å²) >= 11 is 5.84. The molecule has 0 fully saturated rings. The number of nitrogens with one attached hydrogen (secondary N) is 1. The number of rotatable bonds is 4. The number of halogens is 1. The smallest absolute Gasteiger partial charge is 0.271 e. The van der Waals surface area contributed by atoms with Crippen LogP contribution in [0, 0.1) is 0 Å². The van der Waals surface area contributed by atoms with E-state index >= 15 is 0 Å². The molecular formula is C16H15ClN2O3. The SMILES string of the molecule is COc1cc(C(C)=NNC(=O)c2cccc(Cl)c2)ccc1O. The molecule has 0 saturated heterocycles. The normalized spacial score (nSPS) is 11.1. The molecular weight excluding hydrogens is 304 g/mol. The Morgan fingerprint density at radius 3 is 2.68 bits per heavy atom. The van der Waals surface area contributed by atoms with Crippen LogP contribution in [0.5, 0.6) is 11.5 Å². The molecule has 2 rings (SSSR count). The van der Waals surface area contributed by atoms with Crippen LogP contribution in [0.25, 0.3) is 0 Å². The van der Waals surface area contributed by atoms with Crippen LogP contribution in [-0.2, 0) is 0 Å². The predicted octanol–water partition coefficient (Wildman–Crippen LogP) is 3.21. The van der Waals surface area contributed by atoms with Crippen molar-refractivity contribution in [2.24, 2.45) is 5.10 Å². The van der Waals surface area contributed by atoms with E-state index in [0.29, 0.717) is 22.0 Å². The molecule has 6 heteroatoms. The minimum Gasteiger partial charge on any atom is -0.504 e. The Morgan fingerprint density at radius 1 is 1.23 bits per heavy atom. The van der Waals surface area contributed by atoms with Gasteiger partial charge in [-0.05, 0) is 43.3 Å². The molecule has 0 unspecified atom stereocenters. The highest BCUT2D eigenvalue weighted by Crippen LogP contribution is 2.26. The number of phenolic OH excluding ortho intramolecular Hbond substituents is 1. The molecule has 0 radical (unpaired) electrons. The number of phenols is 1. The van der Waals surface area contributed by atoms with Gasteiger partial charge in [-0.3, -0.25) is 4.79 Å². The van der Waals surface area contributed by atoms with Gasteiger partial charge in [-0.25, -0.2) is 5.43 Å². The molecule has 0 spiro atoms. The van der Waals surface area contributed by atoms with Crippen molar-refractivity contribution in [1.82, 2.24) is 5.43 Å². The monoisotopic (exact) mass is 318 g/mol. The summed E-state index contributed by atoms with van der Waals surface area (Å²) in [5, 5.41) is 14.1. The first-order valence-corrected chi connectivity index (χ1v) is 6.86. The fraction of sp³-hybridized carbons (Fsp3) is 0.125. The summed E-state index contributed by atoms with van der Waals surface area (Å²) in [5.41, 5.74) is 4.19. The molecule has 0 atom stereocenters. The van der Waals surface area contributed by atoms with Crippen LogP contribution < -0.4 is 10.2 Å². The summed E-state index contributed by atoms with van der Waals surface area (Å²) in [5.74, 6) is 0.0304. The third kappa shape index (κ3) is 3.77. The number of carbonyl (C=O) groups is 1. The Morgan fingerprint density at radius 2 is 2.00 bits per heavy atom. The molecule has 0 aliphatic rings. The van der Waals surface area contributed by atoms with Crippen LogP contribution in [0.1, 0.15) is 22.8 Å². The number of hydrogen-bond acceptors (Lipinski definition) is 4. The Bertz CT molecular complexity index is 729. The van der Waals surface area contributed by atoms with E-state index in [1.54, 1.807) is 43.3 Å². The van der Waals surface area contributed by atoms with Crippen LogP contribution in [0.2, 0.25) is 5.02 Å². The Balaban J connectivity index is 2.14. The van der Waals surface area contributed by atoms with Gasteiger partial charge >= 0.3 is 0 Å². The lowest BCUT2D eigenvalue weighted by molar-refractivity contribution is 0.0955. The first-order chi connectivity index (χ1) is 10.5. The third-order valence-electron chi connectivity index (χ3n) is 3.01. The van der Waals surface area contributed by atoms with Gasteiger partial charge in [0.25, 0.3) is 5.91 Å². The number of ether oxygens (including phenoxy) is 1. The maximum Gasteiger partial charge on any atom is 0.271 e. The number of methoxy groups -OCH3 is 1. The van der Waals surface area contributed by atoms with Gasteiger partial charge in [-0.2, -0.15) is 5.10 Å². The van der Waals surface area contributed by atoms with Gasteiger partial charge in [0.2, 0.25) is 0 Å². The number of aromatic hydroxyl groups is 1. The van der Waals surface area contributed by atoms with E-state index in [-0.39, 0.29) is 11.7 Å². The molecule has 1 amide bonds. The molecule has 22 heavy (non-hydrogen) atoms. The van der Waals surface area contributed by atoms with Crippen molar-refractivity contribution in [2.75, 3.05) is 7.11 Å². The van der Waals surface area contributed by atoms with Crippen LogP contribution in [0.15, 0.2) is 47.6 Å². The molecule has 2 aromatic carbocycles. The Hall–Kier alpha value is -2.53. The zero-order valence-corrected chi connectivity index (χ0v) is 12.9. The second kappa shape index (κ2) is 6.95. The van der Waals surface area contributed by atoms with Crippen molar-refractivity contribution in [1.29, 1.82) is 0 Å². The highest BCUT2D eigenvalue weighted by molar-refractivity contribution is 6.30. The van der Waals surface area contributed by atoms with Gasteiger partial charge in [-0.1, -0.05) is 17.7 Å². The molecule has 5 nitrogen and oxygen atoms in total. The van der Waals surface area contributed by atoms with Crippen molar-refractivity contribution in [3.8, 4) is 11.5 Å². The lowest BCUT2D eigenvalue weighted by Gasteiger charge is -2.07.